The van der Waals surface area contributed by atoms with E-state index in [4.69, 9.17) is 9.47 Å². The topological polar surface area (TPSA) is 52.6 Å². The van der Waals surface area contributed by atoms with Crippen LogP contribution in [0.25, 0.3) is 0 Å². The quantitative estimate of drug-likeness (QED) is 0.272. The Kier molecular flexibility index (Phi) is 4.85. The van der Waals surface area contributed by atoms with Crippen molar-refractivity contribution in [3.63, 3.8) is 0 Å². The van der Waals surface area contributed by atoms with E-state index in [-0.39, 0.29) is 17.4 Å². The number of ether oxygens (including phenoxy) is 2. The van der Waals surface area contributed by atoms with Gasteiger partial charge in [0.1, 0.15) is 23.3 Å². The second kappa shape index (κ2) is 7.95. The molecule has 4 aromatic carbocycles. The van der Waals surface area contributed by atoms with Gasteiger partial charge in [0.25, 0.3) is 0 Å². The minimum Gasteiger partial charge on any atom is -0.425 e. The maximum atomic E-state index is 12.7. The molecule has 35 heavy (non-hydrogen) atoms. The minimum atomic E-state index is -0.435. The van der Waals surface area contributed by atoms with Gasteiger partial charge in [-0.3, -0.25) is 9.59 Å². The third-order valence-corrected chi connectivity index (χ3v) is 7.24. The molecule has 4 nitrogen and oxygen atoms in total. The lowest BCUT2D eigenvalue weighted by molar-refractivity contribution is -0.134. The van der Waals surface area contributed by atoms with E-state index >= 15 is 0 Å². The summed E-state index contributed by atoms with van der Waals surface area (Å²) in [7, 11) is 0. The summed E-state index contributed by atoms with van der Waals surface area (Å²) in [5.41, 5.74) is 5.36. The van der Waals surface area contributed by atoms with Gasteiger partial charge in [0.2, 0.25) is 0 Å². The van der Waals surface area contributed by atoms with Gasteiger partial charge in [0.05, 0.1) is 0 Å². The predicted octanol–water partition coefficient (Wildman–Crippen LogP) is 6.11. The van der Waals surface area contributed by atoms with Crippen molar-refractivity contribution in [3.8, 4) is 11.5 Å². The molecule has 0 aromatic heterocycles. The van der Waals surface area contributed by atoms with Gasteiger partial charge < -0.3 is 9.47 Å². The third kappa shape index (κ3) is 3.45. The zero-order valence-corrected chi connectivity index (χ0v) is 19.5. The van der Waals surface area contributed by atoms with Crippen molar-refractivity contribution < 1.29 is 19.1 Å². The molecule has 0 saturated carbocycles. The van der Waals surface area contributed by atoms with Crippen LogP contribution in [0.1, 0.15) is 59.1 Å². The number of hydrogen-bond acceptors (Lipinski definition) is 4. The van der Waals surface area contributed by atoms with Crippen molar-refractivity contribution in [3.05, 3.63) is 130 Å². The Balaban J connectivity index is 1.41. The van der Waals surface area contributed by atoms with Crippen molar-refractivity contribution >= 4 is 11.9 Å². The number of fused-ring (bicyclic) bond motifs is 2. The lowest BCUT2D eigenvalue weighted by Gasteiger charge is -2.27. The molecule has 0 saturated heterocycles. The number of hydrogen-bond donors (Lipinski definition) is 0. The molecular formula is C31H24O4. The molecule has 2 aliphatic heterocycles. The fraction of sp³-hybridized carbons (Fsp3) is 0.161. The van der Waals surface area contributed by atoms with Crippen molar-refractivity contribution in [2.24, 2.45) is 0 Å². The molecule has 0 radical (unpaired) electrons. The number of carbonyl (C=O) groups excluding carboxylic acids is 2. The van der Waals surface area contributed by atoms with Crippen molar-refractivity contribution in [1.29, 1.82) is 0 Å². The molecule has 0 amide bonds. The van der Waals surface area contributed by atoms with E-state index in [1.54, 1.807) is 0 Å². The summed E-state index contributed by atoms with van der Waals surface area (Å²) in [5.74, 6) is -0.146. The first-order valence-corrected chi connectivity index (χ1v) is 11.8. The van der Waals surface area contributed by atoms with E-state index in [1.807, 2.05) is 84.9 Å². The van der Waals surface area contributed by atoms with Crippen LogP contribution >= 0.6 is 0 Å². The molecule has 0 aliphatic carbocycles. The Bertz CT molecular complexity index is 1340. The predicted molar refractivity (Wildman–Crippen MR) is 133 cm³/mol. The Hall–Kier alpha value is -4.18. The lowest BCUT2D eigenvalue weighted by Crippen LogP contribution is -2.20. The molecule has 0 fully saturated rings. The highest BCUT2D eigenvalue weighted by Gasteiger charge is 2.38. The molecule has 0 N–H and O–H groups in total. The molecule has 4 heteroatoms. The first-order valence-electron chi connectivity index (χ1n) is 11.8. The highest BCUT2D eigenvalue weighted by atomic mass is 16.5. The standard InChI is InChI=1S/C31H24O4/c1-31(2,21-13-15-25-23(17-21)27(29(32)34-25)19-9-5-3-6-10-19)22-14-16-26-24(18-22)28(30(33)35-26)20-11-7-4-8-12-20/h3-18,27-28H,1-2H3. The largest absolute Gasteiger partial charge is 0.425 e. The molecule has 0 spiro atoms. The molecule has 2 aliphatic rings. The zero-order chi connectivity index (χ0) is 24.2. The summed E-state index contributed by atoms with van der Waals surface area (Å²) in [4.78, 5) is 25.4. The van der Waals surface area contributed by atoms with E-state index in [0.29, 0.717) is 11.5 Å². The van der Waals surface area contributed by atoms with Gasteiger partial charge in [-0.25, -0.2) is 0 Å². The average molecular weight is 461 g/mol. The number of benzene rings is 4. The van der Waals surface area contributed by atoms with Crippen LogP contribution in [0, 0.1) is 0 Å². The van der Waals surface area contributed by atoms with Crippen molar-refractivity contribution in [2.45, 2.75) is 31.1 Å². The third-order valence-electron chi connectivity index (χ3n) is 7.24. The Morgan fingerprint density at radius 3 is 1.37 bits per heavy atom. The summed E-state index contributed by atoms with van der Waals surface area (Å²) in [6, 6.07) is 31.4. The van der Waals surface area contributed by atoms with Crippen LogP contribution in [0.5, 0.6) is 11.5 Å². The van der Waals surface area contributed by atoms with Gasteiger partial charge in [-0.05, 0) is 46.5 Å². The van der Waals surface area contributed by atoms with Crippen LogP contribution in [0.15, 0.2) is 97.1 Å². The molecule has 2 unspecified atom stereocenters. The van der Waals surface area contributed by atoms with E-state index in [1.165, 1.54) is 0 Å². The van der Waals surface area contributed by atoms with Crippen LogP contribution in [0.2, 0.25) is 0 Å². The molecule has 2 atom stereocenters. The van der Waals surface area contributed by atoms with Gasteiger partial charge in [0.15, 0.2) is 0 Å². The maximum Gasteiger partial charge on any atom is 0.323 e. The molecule has 2 heterocycles. The smallest absolute Gasteiger partial charge is 0.323 e. The number of esters is 2. The summed E-state index contributed by atoms with van der Waals surface area (Å²) in [6.07, 6.45) is 0. The zero-order valence-electron chi connectivity index (χ0n) is 19.5. The van der Waals surface area contributed by atoms with Gasteiger partial charge in [-0.15, -0.1) is 0 Å². The second-order valence-electron chi connectivity index (χ2n) is 9.66. The molecule has 0 bridgehead atoms. The number of rotatable bonds is 4. The fourth-order valence-electron chi connectivity index (χ4n) is 5.19. The van der Waals surface area contributed by atoms with E-state index in [2.05, 4.69) is 26.0 Å². The molecule has 6 rings (SSSR count). The van der Waals surface area contributed by atoms with Crippen LogP contribution in [-0.2, 0) is 15.0 Å². The number of carbonyl (C=O) groups is 2. The van der Waals surface area contributed by atoms with Crippen LogP contribution < -0.4 is 9.47 Å². The normalized spacial score (nSPS) is 18.6. The monoisotopic (exact) mass is 460 g/mol. The molecular weight excluding hydrogens is 436 g/mol. The average Bonchev–Trinajstić information content (AvgIpc) is 3.38. The van der Waals surface area contributed by atoms with Gasteiger partial charge in [-0.1, -0.05) is 86.6 Å². The Morgan fingerprint density at radius 2 is 0.971 bits per heavy atom. The first-order chi connectivity index (χ1) is 16.9. The van der Waals surface area contributed by atoms with Crippen LogP contribution in [0.3, 0.4) is 0 Å². The summed E-state index contributed by atoms with van der Waals surface area (Å²) < 4.78 is 11.2. The lowest BCUT2D eigenvalue weighted by atomic mass is 9.75. The van der Waals surface area contributed by atoms with Gasteiger partial charge >= 0.3 is 11.9 Å². The highest BCUT2D eigenvalue weighted by Crippen LogP contribution is 2.45. The van der Waals surface area contributed by atoms with Crippen LogP contribution in [0.4, 0.5) is 0 Å². The summed E-state index contributed by atoms with van der Waals surface area (Å²) >= 11 is 0. The van der Waals surface area contributed by atoms with Crippen molar-refractivity contribution in [2.75, 3.05) is 0 Å². The summed E-state index contributed by atoms with van der Waals surface area (Å²) in [5, 5.41) is 0. The first kappa shape index (κ1) is 21.4. The molecule has 4 aromatic rings. The molecule has 172 valence electrons. The fourth-order valence-corrected chi connectivity index (χ4v) is 5.19. The Morgan fingerprint density at radius 1 is 0.571 bits per heavy atom. The van der Waals surface area contributed by atoms with E-state index < -0.39 is 11.8 Å². The summed E-state index contributed by atoms with van der Waals surface area (Å²) in [6.45, 7) is 4.31. The minimum absolute atomic E-state index is 0.250. The Labute approximate surface area is 204 Å². The second-order valence-corrected chi connectivity index (χ2v) is 9.66. The van der Waals surface area contributed by atoms with E-state index in [0.717, 1.165) is 33.4 Å². The maximum absolute atomic E-state index is 12.7. The van der Waals surface area contributed by atoms with Gasteiger partial charge in [-0.2, -0.15) is 0 Å². The SMILES string of the molecule is CC(C)(c1ccc2c(c1)C(c1ccccc1)C(=O)O2)c1ccc2c(c1)C(c1ccccc1)C(=O)O2. The highest BCUT2D eigenvalue weighted by molar-refractivity contribution is 5.90. The van der Waals surface area contributed by atoms with Crippen LogP contribution in [-0.4, -0.2) is 11.9 Å². The van der Waals surface area contributed by atoms with E-state index in [9.17, 15) is 9.59 Å². The van der Waals surface area contributed by atoms with Crippen molar-refractivity contribution in [1.82, 2.24) is 0 Å². The van der Waals surface area contributed by atoms with Gasteiger partial charge in [0, 0.05) is 16.5 Å².